The van der Waals surface area contributed by atoms with Crippen LogP contribution >= 0.6 is 0 Å². The van der Waals surface area contributed by atoms with Gasteiger partial charge in [-0.25, -0.2) is 0 Å². The smallest absolute Gasteiger partial charge is 0.0300 e. The number of aromatic nitrogens is 1. The van der Waals surface area contributed by atoms with Gasteiger partial charge in [0.25, 0.3) is 0 Å². The number of hydrogen-bond acceptors (Lipinski definition) is 2. The fraction of sp³-hybridized carbons (Fsp3) is 0.444. The number of rotatable bonds is 2. The van der Waals surface area contributed by atoms with Gasteiger partial charge in [-0.2, -0.15) is 0 Å². The van der Waals surface area contributed by atoms with Gasteiger partial charge in [0.2, 0.25) is 0 Å². The van der Waals surface area contributed by atoms with Gasteiger partial charge in [-0.1, -0.05) is 0 Å². The predicted octanol–water partition coefficient (Wildman–Crippen LogP) is 1.67. The highest BCUT2D eigenvalue weighted by Gasteiger charge is 2.03. The Bertz CT molecular complexity index is 233. The summed E-state index contributed by atoms with van der Waals surface area (Å²) in [7, 11) is 1.96. The third-order valence-corrected chi connectivity index (χ3v) is 1.96. The van der Waals surface area contributed by atoms with Gasteiger partial charge < -0.3 is 5.32 Å². The second kappa shape index (κ2) is 3.49. The van der Waals surface area contributed by atoms with Crippen molar-refractivity contribution in [3.05, 3.63) is 29.6 Å². The Morgan fingerprint density at radius 2 is 2.27 bits per heavy atom. The highest BCUT2D eigenvalue weighted by atomic mass is 14.9. The minimum Gasteiger partial charge on any atom is -0.313 e. The molecule has 1 atom stereocenters. The van der Waals surface area contributed by atoms with Crippen molar-refractivity contribution in [3.8, 4) is 0 Å². The van der Waals surface area contributed by atoms with E-state index in [0.717, 1.165) is 0 Å². The van der Waals surface area contributed by atoms with Gasteiger partial charge in [0.15, 0.2) is 0 Å². The van der Waals surface area contributed by atoms with Crippen LogP contribution in [-0.2, 0) is 0 Å². The third kappa shape index (κ3) is 1.77. The highest BCUT2D eigenvalue weighted by Crippen LogP contribution is 2.14. The summed E-state index contributed by atoms with van der Waals surface area (Å²) in [5.41, 5.74) is 2.57. The number of nitrogens with zero attached hydrogens (tertiary/aromatic N) is 1. The van der Waals surface area contributed by atoms with Crippen LogP contribution in [0.1, 0.15) is 24.1 Å². The lowest BCUT2D eigenvalue weighted by atomic mass is 10.1. The van der Waals surface area contributed by atoms with E-state index < -0.39 is 0 Å². The fourth-order valence-electron chi connectivity index (χ4n) is 1.13. The van der Waals surface area contributed by atoms with Crippen LogP contribution in [0, 0.1) is 6.92 Å². The van der Waals surface area contributed by atoms with E-state index in [4.69, 9.17) is 0 Å². The minimum absolute atomic E-state index is 0.415. The van der Waals surface area contributed by atoms with Gasteiger partial charge >= 0.3 is 0 Å². The van der Waals surface area contributed by atoms with E-state index >= 15 is 0 Å². The van der Waals surface area contributed by atoms with E-state index in [9.17, 15) is 0 Å². The first kappa shape index (κ1) is 8.21. The van der Waals surface area contributed by atoms with Gasteiger partial charge in [0.05, 0.1) is 0 Å². The number of nitrogens with one attached hydrogen (secondary N) is 1. The summed E-state index contributed by atoms with van der Waals surface area (Å²) in [6.07, 6.45) is 3.72. The van der Waals surface area contributed by atoms with Gasteiger partial charge in [0.1, 0.15) is 0 Å². The van der Waals surface area contributed by atoms with Crippen LogP contribution in [0.25, 0.3) is 0 Å². The maximum absolute atomic E-state index is 4.03. The molecule has 0 radical (unpaired) electrons. The van der Waals surface area contributed by atoms with Crippen molar-refractivity contribution in [1.29, 1.82) is 0 Å². The summed E-state index contributed by atoms with van der Waals surface area (Å²) >= 11 is 0. The molecule has 0 aliphatic rings. The van der Waals surface area contributed by atoms with Crippen LogP contribution in [0.3, 0.4) is 0 Å². The first-order valence-electron chi connectivity index (χ1n) is 3.83. The molecule has 11 heavy (non-hydrogen) atoms. The Kier molecular flexibility index (Phi) is 2.60. The minimum atomic E-state index is 0.415. The Morgan fingerprint density at radius 3 is 2.82 bits per heavy atom. The zero-order valence-corrected chi connectivity index (χ0v) is 7.26. The van der Waals surface area contributed by atoms with Gasteiger partial charge in [-0.3, -0.25) is 4.98 Å². The van der Waals surface area contributed by atoms with Crippen molar-refractivity contribution in [1.82, 2.24) is 10.3 Å². The fourth-order valence-corrected chi connectivity index (χ4v) is 1.13. The second-order valence-corrected chi connectivity index (χ2v) is 2.74. The van der Waals surface area contributed by atoms with E-state index in [1.165, 1.54) is 11.1 Å². The molecule has 1 aromatic heterocycles. The van der Waals surface area contributed by atoms with Crippen molar-refractivity contribution < 1.29 is 0 Å². The first-order chi connectivity index (χ1) is 5.25. The van der Waals surface area contributed by atoms with Gasteiger partial charge in [-0.05, 0) is 38.1 Å². The first-order valence-corrected chi connectivity index (χ1v) is 3.83. The van der Waals surface area contributed by atoms with Crippen molar-refractivity contribution in [2.45, 2.75) is 19.9 Å². The Balaban J connectivity index is 2.93. The van der Waals surface area contributed by atoms with E-state index in [0.29, 0.717) is 6.04 Å². The molecule has 2 heteroatoms. The molecule has 0 saturated carbocycles. The largest absolute Gasteiger partial charge is 0.313 e. The van der Waals surface area contributed by atoms with Crippen LogP contribution in [0.5, 0.6) is 0 Å². The number of pyridine rings is 1. The van der Waals surface area contributed by atoms with E-state index in [1.54, 1.807) is 0 Å². The van der Waals surface area contributed by atoms with Crippen LogP contribution in [0.2, 0.25) is 0 Å². The molecule has 0 spiro atoms. The van der Waals surface area contributed by atoms with Crippen molar-refractivity contribution in [3.63, 3.8) is 0 Å². The summed E-state index contributed by atoms with van der Waals surface area (Å²) in [5.74, 6) is 0. The molecule has 1 heterocycles. The molecule has 0 amide bonds. The zero-order valence-electron chi connectivity index (χ0n) is 7.26. The molecule has 1 N–H and O–H groups in total. The molecule has 1 aromatic rings. The van der Waals surface area contributed by atoms with Crippen LogP contribution in [0.4, 0.5) is 0 Å². The topological polar surface area (TPSA) is 24.9 Å². The molecule has 1 rings (SSSR count). The molecule has 1 unspecified atom stereocenters. The summed E-state index contributed by atoms with van der Waals surface area (Å²) in [6.45, 7) is 4.22. The summed E-state index contributed by atoms with van der Waals surface area (Å²) in [5, 5.41) is 3.19. The second-order valence-electron chi connectivity index (χ2n) is 2.74. The molecule has 0 aliphatic carbocycles. The SMILES string of the molecule is CNC(C)c1ccncc1C. The van der Waals surface area contributed by atoms with Crippen LogP contribution < -0.4 is 5.32 Å². The predicted molar refractivity (Wildman–Crippen MR) is 46.4 cm³/mol. The van der Waals surface area contributed by atoms with Crippen molar-refractivity contribution in [2.75, 3.05) is 7.05 Å². The Hall–Kier alpha value is -0.890. The summed E-state index contributed by atoms with van der Waals surface area (Å²) < 4.78 is 0. The lowest BCUT2D eigenvalue weighted by molar-refractivity contribution is 0.647. The van der Waals surface area contributed by atoms with E-state index in [-0.39, 0.29) is 0 Å². The van der Waals surface area contributed by atoms with E-state index in [1.807, 2.05) is 19.4 Å². The zero-order chi connectivity index (χ0) is 8.27. The number of aryl methyl sites for hydroxylation is 1. The quantitative estimate of drug-likeness (QED) is 0.693. The monoisotopic (exact) mass is 150 g/mol. The number of hydrogen-bond donors (Lipinski definition) is 1. The molecule has 0 fully saturated rings. The van der Waals surface area contributed by atoms with Crippen molar-refractivity contribution >= 4 is 0 Å². The molecular formula is C9H14N2. The van der Waals surface area contributed by atoms with Crippen LogP contribution in [0.15, 0.2) is 18.5 Å². The molecule has 0 aromatic carbocycles. The lowest BCUT2D eigenvalue weighted by Gasteiger charge is -2.12. The average molecular weight is 150 g/mol. The Morgan fingerprint density at radius 1 is 1.55 bits per heavy atom. The van der Waals surface area contributed by atoms with Crippen LogP contribution in [-0.4, -0.2) is 12.0 Å². The molecule has 0 saturated heterocycles. The summed E-state index contributed by atoms with van der Waals surface area (Å²) in [4.78, 5) is 4.03. The van der Waals surface area contributed by atoms with Crippen molar-refractivity contribution in [2.24, 2.45) is 0 Å². The lowest BCUT2D eigenvalue weighted by Crippen LogP contribution is -2.13. The van der Waals surface area contributed by atoms with Gasteiger partial charge in [-0.15, -0.1) is 0 Å². The molecule has 0 bridgehead atoms. The normalized spacial score (nSPS) is 13.0. The molecule has 2 nitrogen and oxygen atoms in total. The average Bonchev–Trinajstić information content (AvgIpc) is 2.04. The van der Waals surface area contributed by atoms with E-state index in [2.05, 4.69) is 30.2 Å². The summed E-state index contributed by atoms with van der Waals surface area (Å²) in [6, 6.07) is 2.47. The molecule has 60 valence electrons. The molecule has 0 aliphatic heterocycles. The molecular weight excluding hydrogens is 136 g/mol. The highest BCUT2D eigenvalue weighted by molar-refractivity contribution is 5.24. The Labute approximate surface area is 67.7 Å². The maximum atomic E-state index is 4.03. The third-order valence-electron chi connectivity index (χ3n) is 1.96. The maximum Gasteiger partial charge on any atom is 0.0300 e. The standard InChI is InChI=1S/C9H14N2/c1-7-6-11-5-4-9(7)8(2)10-3/h4-6,8,10H,1-3H3. The van der Waals surface area contributed by atoms with Gasteiger partial charge in [0, 0.05) is 18.4 Å².